The Hall–Kier alpha value is -1.76. The Balaban J connectivity index is 2.05. The number of hydrogen-bond donors (Lipinski definition) is 2. The summed E-state index contributed by atoms with van der Waals surface area (Å²) >= 11 is 1.41. The zero-order chi connectivity index (χ0) is 16.1. The molecule has 1 aromatic carbocycles. The van der Waals surface area contributed by atoms with Gasteiger partial charge in [-0.05, 0) is 31.0 Å². The lowest BCUT2D eigenvalue weighted by Gasteiger charge is -2.11. The summed E-state index contributed by atoms with van der Waals surface area (Å²) < 4.78 is 5.10. The van der Waals surface area contributed by atoms with Crippen molar-refractivity contribution in [1.29, 1.82) is 0 Å². The van der Waals surface area contributed by atoms with Crippen LogP contribution in [-0.2, 0) is 9.53 Å². The second kappa shape index (κ2) is 7.49. The van der Waals surface area contributed by atoms with E-state index in [1.807, 2.05) is 11.4 Å². The standard InChI is InChI=1S/C16H21N3O2S/c1-10-4-5-12(6-11(10)2)14-9-22-16(18-14)19-15(20)7-13(8-17)21-3/h4-6,9,13H,7-8,17H2,1-3H3,(H,18,19,20). The van der Waals surface area contributed by atoms with E-state index in [0.717, 1.165) is 11.3 Å². The smallest absolute Gasteiger partial charge is 0.228 e. The summed E-state index contributed by atoms with van der Waals surface area (Å²) in [5.41, 5.74) is 9.91. The van der Waals surface area contributed by atoms with Crippen molar-refractivity contribution in [3.8, 4) is 11.3 Å². The lowest BCUT2D eigenvalue weighted by atomic mass is 10.1. The SMILES string of the molecule is COC(CN)CC(=O)Nc1nc(-c2ccc(C)c(C)c2)cs1. The molecule has 2 rings (SSSR count). The van der Waals surface area contributed by atoms with Crippen LogP contribution in [0.4, 0.5) is 5.13 Å². The fourth-order valence-electron chi connectivity index (χ4n) is 2.00. The maximum absolute atomic E-state index is 11.9. The molecule has 0 aliphatic carbocycles. The molecule has 2 aromatic rings. The van der Waals surface area contributed by atoms with E-state index in [9.17, 15) is 4.79 Å². The van der Waals surface area contributed by atoms with Crippen molar-refractivity contribution in [1.82, 2.24) is 4.98 Å². The van der Waals surface area contributed by atoms with E-state index in [2.05, 4.69) is 36.3 Å². The highest BCUT2D eigenvalue weighted by Crippen LogP contribution is 2.26. The number of benzene rings is 1. The Morgan fingerprint density at radius 3 is 2.82 bits per heavy atom. The number of aromatic nitrogens is 1. The van der Waals surface area contributed by atoms with Crippen molar-refractivity contribution in [3.05, 3.63) is 34.7 Å². The lowest BCUT2D eigenvalue weighted by molar-refractivity contribution is -0.118. The predicted octanol–water partition coefficient (Wildman–Crippen LogP) is 2.73. The Bertz CT molecular complexity index is 651. The van der Waals surface area contributed by atoms with Gasteiger partial charge in [-0.15, -0.1) is 11.3 Å². The number of carbonyl (C=O) groups excluding carboxylic acids is 1. The quantitative estimate of drug-likeness (QED) is 0.858. The topological polar surface area (TPSA) is 77.2 Å². The van der Waals surface area contributed by atoms with Gasteiger partial charge in [0.25, 0.3) is 0 Å². The number of thiazole rings is 1. The minimum Gasteiger partial charge on any atom is -0.380 e. The molecular weight excluding hydrogens is 298 g/mol. The van der Waals surface area contributed by atoms with Crippen molar-refractivity contribution in [3.63, 3.8) is 0 Å². The summed E-state index contributed by atoms with van der Waals surface area (Å²) in [6.45, 7) is 4.47. The van der Waals surface area contributed by atoms with Crippen LogP contribution in [0.15, 0.2) is 23.6 Å². The number of methoxy groups -OCH3 is 1. The number of nitrogens with one attached hydrogen (secondary N) is 1. The third-order valence-corrected chi connectivity index (χ3v) is 4.32. The van der Waals surface area contributed by atoms with Gasteiger partial charge in [0.2, 0.25) is 5.91 Å². The van der Waals surface area contributed by atoms with Crippen LogP contribution in [0, 0.1) is 13.8 Å². The Morgan fingerprint density at radius 2 is 2.18 bits per heavy atom. The molecule has 5 nitrogen and oxygen atoms in total. The normalized spacial score (nSPS) is 12.2. The van der Waals surface area contributed by atoms with Crippen molar-refractivity contribution in [2.75, 3.05) is 19.0 Å². The monoisotopic (exact) mass is 319 g/mol. The molecule has 0 bridgehead atoms. The van der Waals surface area contributed by atoms with Crippen LogP contribution in [0.2, 0.25) is 0 Å². The van der Waals surface area contributed by atoms with E-state index in [0.29, 0.717) is 11.7 Å². The first kappa shape index (κ1) is 16.6. The van der Waals surface area contributed by atoms with E-state index in [-0.39, 0.29) is 18.4 Å². The number of nitrogens with zero attached hydrogens (tertiary/aromatic N) is 1. The minimum absolute atomic E-state index is 0.140. The molecule has 6 heteroatoms. The van der Waals surface area contributed by atoms with Crippen LogP contribution < -0.4 is 11.1 Å². The zero-order valence-corrected chi connectivity index (χ0v) is 13.9. The average Bonchev–Trinajstić information content (AvgIpc) is 2.96. The minimum atomic E-state index is -0.265. The number of aryl methyl sites for hydroxylation is 2. The molecule has 1 aromatic heterocycles. The van der Waals surface area contributed by atoms with Gasteiger partial charge in [0.05, 0.1) is 18.2 Å². The highest BCUT2D eigenvalue weighted by Gasteiger charge is 2.13. The molecule has 0 saturated carbocycles. The van der Waals surface area contributed by atoms with Crippen LogP contribution in [0.3, 0.4) is 0 Å². The van der Waals surface area contributed by atoms with E-state index < -0.39 is 0 Å². The van der Waals surface area contributed by atoms with Crippen molar-refractivity contribution < 1.29 is 9.53 Å². The molecule has 0 spiro atoms. The van der Waals surface area contributed by atoms with Crippen LogP contribution in [-0.4, -0.2) is 30.6 Å². The maximum atomic E-state index is 11.9. The molecule has 0 radical (unpaired) electrons. The number of rotatable bonds is 6. The van der Waals surface area contributed by atoms with Gasteiger partial charge in [0, 0.05) is 24.6 Å². The molecular formula is C16H21N3O2S. The molecule has 0 fully saturated rings. The number of amides is 1. The van der Waals surface area contributed by atoms with Crippen molar-refractivity contribution in [2.45, 2.75) is 26.4 Å². The fourth-order valence-corrected chi connectivity index (χ4v) is 2.74. The average molecular weight is 319 g/mol. The predicted molar refractivity (Wildman–Crippen MR) is 90.1 cm³/mol. The van der Waals surface area contributed by atoms with Gasteiger partial charge in [-0.3, -0.25) is 4.79 Å². The first-order valence-corrected chi connectivity index (χ1v) is 7.97. The molecule has 1 heterocycles. The molecule has 1 amide bonds. The summed E-state index contributed by atoms with van der Waals surface area (Å²) in [6, 6.07) is 6.22. The van der Waals surface area contributed by atoms with Crippen LogP contribution >= 0.6 is 11.3 Å². The van der Waals surface area contributed by atoms with Crippen LogP contribution in [0.25, 0.3) is 11.3 Å². The number of ether oxygens (including phenoxy) is 1. The summed E-state index contributed by atoms with van der Waals surface area (Å²) in [5, 5.41) is 5.32. The zero-order valence-electron chi connectivity index (χ0n) is 13.1. The maximum Gasteiger partial charge on any atom is 0.228 e. The molecule has 1 unspecified atom stereocenters. The highest BCUT2D eigenvalue weighted by atomic mass is 32.1. The Kier molecular flexibility index (Phi) is 5.65. The summed E-state index contributed by atoms with van der Waals surface area (Å²) in [4.78, 5) is 16.4. The first-order valence-electron chi connectivity index (χ1n) is 7.09. The van der Waals surface area contributed by atoms with Gasteiger partial charge in [-0.25, -0.2) is 4.98 Å². The fraction of sp³-hybridized carbons (Fsp3) is 0.375. The van der Waals surface area contributed by atoms with E-state index in [1.165, 1.54) is 22.5 Å². The van der Waals surface area contributed by atoms with Gasteiger partial charge in [-0.1, -0.05) is 12.1 Å². The van der Waals surface area contributed by atoms with Gasteiger partial charge < -0.3 is 15.8 Å². The largest absolute Gasteiger partial charge is 0.380 e. The van der Waals surface area contributed by atoms with E-state index >= 15 is 0 Å². The first-order chi connectivity index (χ1) is 10.5. The van der Waals surface area contributed by atoms with Crippen molar-refractivity contribution in [2.24, 2.45) is 5.73 Å². The van der Waals surface area contributed by atoms with Crippen LogP contribution in [0.5, 0.6) is 0 Å². The molecule has 1 atom stereocenters. The third kappa shape index (κ3) is 4.13. The third-order valence-electron chi connectivity index (χ3n) is 3.56. The summed E-state index contributed by atoms with van der Waals surface area (Å²) in [5.74, 6) is -0.140. The van der Waals surface area contributed by atoms with Crippen LogP contribution in [0.1, 0.15) is 17.5 Å². The van der Waals surface area contributed by atoms with Gasteiger partial charge in [0.15, 0.2) is 5.13 Å². The number of hydrogen-bond acceptors (Lipinski definition) is 5. The Labute approximate surface area is 134 Å². The summed E-state index contributed by atoms with van der Waals surface area (Å²) in [7, 11) is 1.55. The summed E-state index contributed by atoms with van der Waals surface area (Å²) in [6.07, 6.45) is -0.0369. The van der Waals surface area contributed by atoms with Gasteiger partial charge in [-0.2, -0.15) is 0 Å². The van der Waals surface area contributed by atoms with E-state index in [1.54, 1.807) is 7.11 Å². The lowest BCUT2D eigenvalue weighted by Crippen LogP contribution is -2.28. The number of anilines is 1. The molecule has 0 aliphatic heterocycles. The highest BCUT2D eigenvalue weighted by molar-refractivity contribution is 7.14. The molecule has 118 valence electrons. The van der Waals surface area contributed by atoms with E-state index in [4.69, 9.17) is 10.5 Å². The van der Waals surface area contributed by atoms with Gasteiger partial charge in [0.1, 0.15) is 0 Å². The van der Waals surface area contributed by atoms with Crippen molar-refractivity contribution >= 4 is 22.4 Å². The molecule has 0 saturated heterocycles. The second-order valence-electron chi connectivity index (χ2n) is 5.18. The molecule has 0 aliphatic rings. The van der Waals surface area contributed by atoms with Gasteiger partial charge >= 0.3 is 0 Å². The second-order valence-corrected chi connectivity index (χ2v) is 6.04. The molecule has 22 heavy (non-hydrogen) atoms. The number of carbonyl (C=O) groups is 1. The Morgan fingerprint density at radius 1 is 1.41 bits per heavy atom. The number of nitrogens with two attached hydrogens (primary N) is 1. The molecule has 3 N–H and O–H groups in total.